The van der Waals surface area contributed by atoms with Gasteiger partial charge in [0.15, 0.2) is 0 Å². The van der Waals surface area contributed by atoms with Gasteiger partial charge in [-0.15, -0.1) is 0 Å². The number of halogens is 4. The Morgan fingerprint density at radius 2 is 1.32 bits per heavy atom. The molecule has 164 valence electrons. The molecule has 0 unspecified atom stereocenters. The van der Waals surface area contributed by atoms with E-state index in [-0.39, 0.29) is 11.5 Å². The molecular formula is C23H22Br4N2O2. The Morgan fingerprint density at radius 1 is 0.806 bits per heavy atom. The molecule has 8 heteroatoms. The van der Waals surface area contributed by atoms with E-state index in [1.807, 2.05) is 44.2 Å². The lowest BCUT2D eigenvalue weighted by Gasteiger charge is -2.31. The summed E-state index contributed by atoms with van der Waals surface area (Å²) in [5.41, 5.74) is 11.4. The fraction of sp³-hybridized carbons (Fsp3) is 0.217. The van der Waals surface area contributed by atoms with Crippen molar-refractivity contribution in [1.29, 1.82) is 0 Å². The first-order chi connectivity index (χ1) is 14.3. The van der Waals surface area contributed by atoms with Crippen molar-refractivity contribution in [2.24, 2.45) is 0 Å². The average molecular weight is 678 g/mol. The first-order valence-corrected chi connectivity index (χ1v) is 12.6. The highest BCUT2D eigenvalue weighted by molar-refractivity contribution is 9.11. The third-order valence-electron chi connectivity index (χ3n) is 5.43. The summed E-state index contributed by atoms with van der Waals surface area (Å²) in [6.07, 6.45) is 0. The number of anilines is 3. The highest BCUT2D eigenvalue weighted by Gasteiger charge is 2.30. The second-order valence-electron chi connectivity index (χ2n) is 8.01. The molecule has 0 aliphatic carbocycles. The van der Waals surface area contributed by atoms with Gasteiger partial charge in [0.25, 0.3) is 0 Å². The van der Waals surface area contributed by atoms with Crippen LogP contribution in [0.25, 0.3) is 0 Å². The average Bonchev–Trinajstić information content (AvgIpc) is 2.69. The minimum Gasteiger partial charge on any atom is -0.507 e. The first-order valence-electron chi connectivity index (χ1n) is 9.38. The monoisotopic (exact) mass is 674 g/mol. The van der Waals surface area contributed by atoms with E-state index in [9.17, 15) is 10.2 Å². The van der Waals surface area contributed by atoms with Crippen molar-refractivity contribution in [3.63, 3.8) is 0 Å². The number of nitrogen functional groups attached to an aromatic ring is 1. The second-order valence-corrected chi connectivity index (χ2v) is 11.4. The van der Waals surface area contributed by atoms with Gasteiger partial charge in [-0.1, -0.05) is 13.8 Å². The molecule has 0 amide bonds. The van der Waals surface area contributed by atoms with Gasteiger partial charge in [0, 0.05) is 20.0 Å². The minimum absolute atomic E-state index is 0.105. The molecule has 0 heterocycles. The van der Waals surface area contributed by atoms with Gasteiger partial charge in [0.05, 0.1) is 20.3 Å². The van der Waals surface area contributed by atoms with Crippen LogP contribution >= 0.6 is 63.7 Å². The van der Waals surface area contributed by atoms with E-state index in [4.69, 9.17) is 5.73 Å². The van der Waals surface area contributed by atoms with Crippen LogP contribution in [0.5, 0.6) is 11.5 Å². The lowest BCUT2D eigenvalue weighted by atomic mass is 9.77. The van der Waals surface area contributed by atoms with Crippen molar-refractivity contribution in [2.45, 2.75) is 33.1 Å². The highest BCUT2D eigenvalue weighted by atomic mass is 79.9. The normalized spacial score (nSPS) is 11.6. The van der Waals surface area contributed by atoms with E-state index in [0.29, 0.717) is 14.6 Å². The maximum Gasteiger partial charge on any atom is 0.146 e. The zero-order valence-corrected chi connectivity index (χ0v) is 23.7. The van der Waals surface area contributed by atoms with Crippen LogP contribution in [-0.4, -0.2) is 10.2 Å². The van der Waals surface area contributed by atoms with Crippen LogP contribution in [-0.2, 0) is 5.41 Å². The molecule has 0 saturated carbocycles. The van der Waals surface area contributed by atoms with Gasteiger partial charge in [0.1, 0.15) is 11.5 Å². The van der Waals surface area contributed by atoms with Gasteiger partial charge < -0.3 is 21.3 Å². The Labute approximate surface area is 215 Å². The standard InChI is InChI=1S/C23H22Br4N2O2/c1-10-5-13(6-11(2)21(10)30)29-20-14(9-17(26)22(31)18(20)27)23(3,4)12-7-15(24)19(28)16(25)8-12/h5-9,29-31H,28H2,1-4H3. The summed E-state index contributed by atoms with van der Waals surface area (Å²) in [6.45, 7) is 7.94. The molecule has 3 rings (SSSR count). The Balaban J connectivity index is 2.23. The van der Waals surface area contributed by atoms with Crippen LogP contribution in [0.2, 0.25) is 0 Å². The first kappa shape index (κ1) is 24.4. The zero-order valence-electron chi connectivity index (χ0n) is 17.4. The summed E-state index contributed by atoms with van der Waals surface area (Å²) in [6, 6.07) is 9.68. The van der Waals surface area contributed by atoms with Gasteiger partial charge in [-0.3, -0.25) is 0 Å². The van der Waals surface area contributed by atoms with E-state index in [1.54, 1.807) is 0 Å². The topological polar surface area (TPSA) is 78.5 Å². The van der Waals surface area contributed by atoms with Gasteiger partial charge in [0.2, 0.25) is 0 Å². The van der Waals surface area contributed by atoms with Crippen LogP contribution in [0.15, 0.2) is 48.2 Å². The Bertz CT molecular complexity index is 1150. The van der Waals surface area contributed by atoms with Gasteiger partial charge in [-0.2, -0.15) is 0 Å². The van der Waals surface area contributed by atoms with Crippen molar-refractivity contribution < 1.29 is 10.2 Å². The van der Waals surface area contributed by atoms with Crippen molar-refractivity contribution in [3.05, 3.63) is 70.5 Å². The Morgan fingerprint density at radius 3 is 1.84 bits per heavy atom. The molecular weight excluding hydrogens is 656 g/mol. The third kappa shape index (κ3) is 4.63. The molecule has 4 nitrogen and oxygen atoms in total. The number of nitrogens with one attached hydrogen (secondary N) is 1. The molecule has 0 aliphatic rings. The van der Waals surface area contributed by atoms with Crippen LogP contribution in [0, 0.1) is 13.8 Å². The van der Waals surface area contributed by atoms with E-state index in [2.05, 4.69) is 82.9 Å². The molecule has 31 heavy (non-hydrogen) atoms. The molecule has 0 saturated heterocycles. The second kappa shape index (κ2) is 8.96. The lowest BCUT2D eigenvalue weighted by Crippen LogP contribution is -2.21. The third-order valence-corrected chi connectivity index (χ3v) is 8.12. The van der Waals surface area contributed by atoms with Gasteiger partial charge in [-0.05, 0) is 130 Å². The number of phenols is 2. The zero-order chi connectivity index (χ0) is 23.2. The van der Waals surface area contributed by atoms with E-state index >= 15 is 0 Å². The molecule has 0 spiro atoms. The smallest absolute Gasteiger partial charge is 0.146 e. The number of hydrogen-bond donors (Lipinski definition) is 4. The molecule has 0 fully saturated rings. The van der Waals surface area contributed by atoms with E-state index in [0.717, 1.165) is 42.6 Å². The van der Waals surface area contributed by atoms with Crippen LogP contribution in [0.3, 0.4) is 0 Å². The van der Waals surface area contributed by atoms with Crippen molar-refractivity contribution in [2.75, 3.05) is 11.1 Å². The summed E-state index contributed by atoms with van der Waals surface area (Å²) in [4.78, 5) is 0. The number of aromatic hydroxyl groups is 2. The molecule has 3 aromatic carbocycles. The summed E-state index contributed by atoms with van der Waals surface area (Å²) in [5, 5.41) is 24.2. The quantitative estimate of drug-likeness (QED) is 0.165. The van der Waals surface area contributed by atoms with E-state index in [1.165, 1.54) is 0 Å². The molecule has 0 aliphatic heterocycles. The van der Waals surface area contributed by atoms with Crippen LogP contribution in [0.1, 0.15) is 36.1 Å². The summed E-state index contributed by atoms with van der Waals surface area (Å²) < 4.78 is 2.74. The number of hydrogen-bond acceptors (Lipinski definition) is 4. The van der Waals surface area contributed by atoms with Gasteiger partial charge in [-0.25, -0.2) is 0 Å². The Hall–Kier alpha value is -1.22. The summed E-state index contributed by atoms with van der Waals surface area (Å²) >= 11 is 14.1. The largest absolute Gasteiger partial charge is 0.507 e. The van der Waals surface area contributed by atoms with E-state index < -0.39 is 5.41 Å². The maximum atomic E-state index is 10.6. The molecule has 3 aromatic rings. The number of aryl methyl sites for hydroxylation is 2. The SMILES string of the molecule is Cc1cc(Nc2c(C(C)(C)c3cc(Br)c(N)c(Br)c3)cc(Br)c(O)c2Br)cc(C)c1O. The number of benzene rings is 3. The summed E-state index contributed by atoms with van der Waals surface area (Å²) in [5.74, 6) is 0.384. The molecule has 0 bridgehead atoms. The minimum atomic E-state index is -0.458. The lowest BCUT2D eigenvalue weighted by molar-refractivity contribution is 0.466. The van der Waals surface area contributed by atoms with Crippen LogP contribution in [0.4, 0.5) is 17.1 Å². The van der Waals surface area contributed by atoms with Crippen LogP contribution < -0.4 is 11.1 Å². The maximum absolute atomic E-state index is 10.6. The Kier molecular flexibility index (Phi) is 7.06. The highest BCUT2D eigenvalue weighted by Crippen LogP contribution is 2.48. The fourth-order valence-corrected chi connectivity index (χ4v) is 5.90. The van der Waals surface area contributed by atoms with Crippen molar-refractivity contribution in [1.82, 2.24) is 0 Å². The number of rotatable bonds is 4. The molecule has 0 radical (unpaired) electrons. The fourth-order valence-electron chi connectivity index (χ4n) is 3.50. The predicted octanol–water partition coefficient (Wildman–Crippen LogP) is 8.42. The number of phenolic OH excluding ortho intramolecular Hbond substituents is 2. The predicted molar refractivity (Wildman–Crippen MR) is 143 cm³/mol. The van der Waals surface area contributed by atoms with Gasteiger partial charge >= 0.3 is 0 Å². The molecule has 0 atom stereocenters. The molecule has 5 N–H and O–H groups in total. The van der Waals surface area contributed by atoms with Crippen molar-refractivity contribution in [3.8, 4) is 11.5 Å². The number of nitrogens with two attached hydrogens (primary N) is 1. The van der Waals surface area contributed by atoms with Crippen molar-refractivity contribution >= 4 is 80.8 Å². The molecule has 0 aromatic heterocycles. The summed E-state index contributed by atoms with van der Waals surface area (Å²) in [7, 11) is 0.